The highest BCUT2D eigenvalue weighted by Gasteiger charge is 1.94. The molecule has 0 bridgehead atoms. The highest BCUT2D eigenvalue weighted by atomic mass is 127. The van der Waals surface area contributed by atoms with Crippen molar-refractivity contribution in [2.75, 3.05) is 0 Å². The van der Waals surface area contributed by atoms with E-state index in [0.29, 0.717) is 0 Å². The number of benzene rings is 1. The van der Waals surface area contributed by atoms with Gasteiger partial charge < -0.3 is 0 Å². The maximum absolute atomic E-state index is 3.76. The number of aryl methyl sites for hydroxylation is 1. The van der Waals surface area contributed by atoms with Crippen molar-refractivity contribution in [3.05, 3.63) is 33.6 Å². The average Bonchev–Trinajstić information content (AvgIpc) is 1.88. The van der Waals surface area contributed by atoms with Crippen molar-refractivity contribution >= 4 is 34.4 Å². The van der Waals surface area contributed by atoms with Crippen molar-refractivity contribution in [3.8, 4) is 0 Å². The first-order valence-corrected chi connectivity index (χ1v) is 4.98. The molecule has 0 heterocycles. The van der Waals surface area contributed by atoms with Gasteiger partial charge in [-0.05, 0) is 53.3 Å². The van der Waals surface area contributed by atoms with Crippen molar-refractivity contribution < 1.29 is 0 Å². The Morgan fingerprint density at radius 3 is 2.70 bits per heavy atom. The van der Waals surface area contributed by atoms with Gasteiger partial charge in [0.1, 0.15) is 0 Å². The van der Waals surface area contributed by atoms with Gasteiger partial charge >= 0.3 is 0 Å². The Bertz CT molecular complexity index is 233. The molecule has 0 aliphatic rings. The van der Waals surface area contributed by atoms with Crippen LogP contribution in [0.15, 0.2) is 23.1 Å². The van der Waals surface area contributed by atoms with Gasteiger partial charge in [-0.25, -0.2) is 0 Å². The molecule has 2 heteroatoms. The topological polar surface area (TPSA) is 0 Å². The molecule has 0 aliphatic carbocycles. The van der Waals surface area contributed by atoms with Gasteiger partial charge in [-0.15, -0.1) is 11.8 Å². The molecule has 0 saturated heterocycles. The Kier molecular flexibility index (Phi) is 3.04. The van der Waals surface area contributed by atoms with Crippen LogP contribution in [0.25, 0.3) is 0 Å². The van der Waals surface area contributed by atoms with E-state index in [0.717, 1.165) is 0 Å². The largest absolute Gasteiger partial charge is 0.125 e. The summed E-state index contributed by atoms with van der Waals surface area (Å²) in [5, 5.41) is 0. The minimum absolute atomic E-state index is 1.26. The fourth-order valence-electron chi connectivity index (χ4n) is 0.775. The third-order valence-electron chi connectivity index (χ3n) is 1.29. The summed E-state index contributed by atoms with van der Waals surface area (Å²) in [7, 11) is 0. The van der Waals surface area contributed by atoms with Crippen LogP contribution in [-0.2, 0) is 0 Å². The number of hydrogen-bond acceptors (Lipinski definition) is 1. The zero-order valence-electron chi connectivity index (χ0n) is 5.73. The zero-order chi connectivity index (χ0) is 7.56. The van der Waals surface area contributed by atoms with Crippen molar-refractivity contribution in [2.45, 2.75) is 11.8 Å². The molecule has 0 aromatic heterocycles. The first-order chi connectivity index (χ1) is 4.74. The van der Waals surface area contributed by atoms with E-state index in [1.807, 2.05) is 0 Å². The summed E-state index contributed by atoms with van der Waals surface area (Å²) in [5.41, 5.74) is 1.31. The predicted molar refractivity (Wildman–Crippen MR) is 55.1 cm³/mol. The van der Waals surface area contributed by atoms with E-state index >= 15 is 0 Å². The summed E-state index contributed by atoms with van der Waals surface area (Å²) >= 11 is 3.86. The lowest BCUT2D eigenvalue weighted by Crippen LogP contribution is -1.78. The molecular weight excluding hydrogens is 255 g/mol. The molecule has 1 radical (unpaired) electrons. The molecule has 0 aliphatic heterocycles. The molecule has 0 amide bonds. The van der Waals surface area contributed by atoms with Crippen LogP contribution in [0.2, 0.25) is 0 Å². The second-order valence-electron chi connectivity index (χ2n) is 2.05. The molecule has 0 unspecified atom stereocenters. The third-order valence-corrected chi connectivity index (χ3v) is 2.73. The summed E-state index contributed by atoms with van der Waals surface area (Å²) in [6.07, 6.45) is 3.76. The lowest BCUT2D eigenvalue weighted by atomic mass is 10.2. The Morgan fingerprint density at radius 2 is 2.20 bits per heavy atom. The van der Waals surface area contributed by atoms with Crippen molar-refractivity contribution in [3.63, 3.8) is 0 Å². The number of hydrogen-bond donors (Lipinski definition) is 0. The SMILES string of the molecule is [CH2]Sc1ccc(I)cc1C. The number of halogens is 1. The monoisotopic (exact) mass is 263 g/mol. The predicted octanol–water partition coefficient (Wildman–Crippen LogP) is 3.48. The lowest BCUT2D eigenvalue weighted by molar-refractivity contribution is 1.29. The van der Waals surface area contributed by atoms with Crippen molar-refractivity contribution in [1.82, 2.24) is 0 Å². The van der Waals surface area contributed by atoms with Crippen LogP contribution in [0.5, 0.6) is 0 Å². The highest BCUT2D eigenvalue weighted by Crippen LogP contribution is 2.22. The van der Waals surface area contributed by atoms with Crippen LogP contribution in [0, 0.1) is 16.7 Å². The Hall–Kier alpha value is 0.300. The second kappa shape index (κ2) is 3.62. The molecule has 0 nitrogen and oxygen atoms in total. The normalized spacial score (nSPS) is 9.90. The molecule has 10 heavy (non-hydrogen) atoms. The Morgan fingerprint density at radius 1 is 1.50 bits per heavy atom. The smallest absolute Gasteiger partial charge is 0.0133 e. The summed E-state index contributed by atoms with van der Waals surface area (Å²) in [5.74, 6) is 0. The Balaban J connectivity index is 3.07. The molecule has 1 aromatic rings. The first-order valence-electron chi connectivity index (χ1n) is 2.92. The van der Waals surface area contributed by atoms with Gasteiger partial charge in [-0.3, -0.25) is 0 Å². The van der Waals surface area contributed by atoms with Gasteiger partial charge in [0.25, 0.3) is 0 Å². The minimum Gasteiger partial charge on any atom is -0.125 e. The van der Waals surface area contributed by atoms with Gasteiger partial charge in [0, 0.05) is 14.7 Å². The highest BCUT2D eigenvalue weighted by molar-refractivity contribution is 14.1. The molecule has 1 rings (SSSR count). The average molecular weight is 263 g/mol. The van der Waals surface area contributed by atoms with E-state index in [9.17, 15) is 0 Å². The lowest BCUT2D eigenvalue weighted by Gasteiger charge is -2.00. The van der Waals surface area contributed by atoms with Crippen molar-refractivity contribution in [1.29, 1.82) is 0 Å². The van der Waals surface area contributed by atoms with E-state index in [4.69, 9.17) is 0 Å². The van der Waals surface area contributed by atoms with Crippen LogP contribution in [0.3, 0.4) is 0 Å². The maximum Gasteiger partial charge on any atom is 0.0133 e. The molecule has 1 aromatic carbocycles. The minimum atomic E-state index is 1.26. The van der Waals surface area contributed by atoms with Gasteiger partial charge in [0.05, 0.1) is 0 Å². The summed E-state index contributed by atoms with van der Waals surface area (Å²) in [4.78, 5) is 1.26. The van der Waals surface area contributed by atoms with E-state index < -0.39 is 0 Å². The van der Waals surface area contributed by atoms with E-state index in [2.05, 4.69) is 54.0 Å². The molecule has 0 N–H and O–H groups in total. The van der Waals surface area contributed by atoms with Crippen LogP contribution >= 0.6 is 34.4 Å². The second-order valence-corrected chi connectivity index (χ2v) is 4.03. The number of thioether (sulfide) groups is 1. The van der Waals surface area contributed by atoms with Crippen LogP contribution in [0.4, 0.5) is 0 Å². The van der Waals surface area contributed by atoms with Crippen LogP contribution < -0.4 is 0 Å². The summed E-state index contributed by atoms with van der Waals surface area (Å²) in [6.45, 7) is 2.11. The fourth-order valence-corrected chi connectivity index (χ4v) is 1.87. The fraction of sp³-hybridized carbons (Fsp3) is 0.125. The van der Waals surface area contributed by atoms with Crippen LogP contribution in [-0.4, -0.2) is 0 Å². The van der Waals surface area contributed by atoms with Gasteiger partial charge in [0.15, 0.2) is 0 Å². The van der Waals surface area contributed by atoms with Gasteiger partial charge in [-0.1, -0.05) is 0 Å². The molecule has 0 saturated carbocycles. The summed E-state index contributed by atoms with van der Waals surface area (Å²) < 4.78 is 1.29. The standard InChI is InChI=1S/C8H8IS/c1-6-5-7(9)3-4-8(6)10-2/h3-5H,2H2,1H3. The van der Waals surface area contributed by atoms with Gasteiger partial charge in [0.2, 0.25) is 0 Å². The Labute approximate surface area is 79.5 Å². The molecule has 0 spiro atoms. The quantitative estimate of drug-likeness (QED) is 0.552. The molecule has 0 fully saturated rings. The molecule has 53 valence electrons. The molecular formula is C8H8IS. The first kappa shape index (κ1) is 8.40. The molecule has 0 atom stereocenters. The summed E-state index contributed by atoms with van der Waals surface area (Å²) in [6, 6.07) is 6.36. The van der Waals surface area contributed by atoms with Crippen LogP contribution in [0.1, 0.15) is 5.56 Å². The van der Waals surface area contributed by atoms with E-state index in [-0.39, 0.29) is 0 Å². The van der Waals surface area contributed by atoms with E-state index in [1.165, 1.54) is 14.0 Å². The number of rotatable bonds is 1. The maximum atomic E-state index is 3.76. The zero-order valence-corrected chi connectivity index (χ0v) is 8.70. The third kappa shape index (κ3) is 1.89. The van der Waals surface area contributed by atoms with Gasteiger partial charge in [-0.2, -0.15) is 0 Å². The van der Waals surface area contributed by atoms with E-state index in [1.54, 1.807) is 11.8 Å². The van der Waals surface area contributed by atoms with Crippen molar-refractivity contribution in [2.24, 2.45) is 0 Å².